The van der Waals surface area contributed by atoms with Gasteiger partial charge in [0.15, 0.2) is 0 Å². The summed E-state index contributed by atoms with van der Waals surface area (Å²) in [5.74, 6) is 0.00931. The van der Waals surface area contributed by atoms with Crippen molar-refractivity contribution >= 4 is 23.2 Å². The van der Waals surface area contributed by atoms with E-state index in [-0.39, 0.29) is 17.0 Å². The fraction of sp³-hybridized carbons (Fsp3) is 0.500. The molecule has 1 saturated heterocycles. The van der Waals surface area contributed by atoms with Crippen LogP contribution in [0.5, 0.6) is 0 Å². The van der Waals surface area contributed by atoms with E-state index in [1.165, 1.54) is 18.6 Å². The summed E-state index contributed by atoms with van der Waals surface area (Å²) >= 11 is 5.76. The monoisotopic (exact) mass is 282 g/mol. The summed E-state index contributed by atoms with van der Waals surface area (Å²) in [5.41, 5.74) is 0.626. The molecule has 3 rings (SSSR count). The number of carbonyl (C=O) groups excluding carboxylic acids is 1. The first-order chi connectivity index (χ1) is 9.06. The maximum absolute atomic E-state index is 13.1. The lowest BCUT2D eigenvalue weighted by Gasteiger charge is -2.27. The summed E-state index contributed by atoms with van der Waals surface area (Å²) in [5, 5.41) is 3.41. The van der Waals surface area contributed by atoms with Crippen LogP contribution >= 0.6 is 11.6 Å². The quantitative estimate of drug-likeness (QED) is 0.904. The highest BCUT2D eigenvalue weighted by molar-refractivity contribution is 6.31. The Hall–Kier alpha value is -1.13. The summed E-state index contributed by atoms with van der Waals surface area (Å²) in [6, 6.07) is 4.74. The van der Waals surface area contributed by atoms with Gasteiger partial charge in [-0.25, -0.2) is 4.39 Å². The normalized spacial score (nSPS) is 28.7. The molecule has 1 aliphatic heterocycles. The van der Waals surface area contributed by atoms with Crippen molar-refractivity contribution in [1.82, 2.24) is 5.32 Å². The molecular formula is C14H16ClFN2O. The van der Waals surface area contributed by atoms with Crippen LogP contribution in [0.1, 0.15) is 19.3 Å². The van der Waals surface area contributed by atoms with Gasteiger partial charge in [0.1, 0.15) is 5.82 Å². The van der Waals surface area contributed by atoms with Crippen molar-refractivity contribution in [3.8, 4) is 0 Å². The van der Waals surface area contributed by atoms with Gasteiger partial charge in [0.05, 0.1) is 11.1 Å². The van der Waals surface area contributed by atoms with Gasteiger partial charge in [-0.05, 0) is 43.4 Å². The van der Waals surface area contributed by atoms with Gasteiger partial charge in [-0.15, -0.1) is 0 Å². The Morgan fingerprint density at radius 1 is 1.47 bits per heavy atom. The first-order valence-electron chi connectivity index (χ1n) is 6.55. The number of likely N-dealkylation sites (N-methyl/N-ethyl adjacent to an activating group) is 1. The Bertz CT molecular complexity index is 522. The van der Waals surface area contributed by atoms with Crippen molar-refractivity contribution in [3.05, 3.63) is 29.0 Å². The Balaban J connectivity index is 1.77. The number of piperidine rings is 1. The minimum Gasteiger partial charge on any atom is -0.314 e. The summed E-state index contributed by atoms with van der Waals surface area (Å²) in [4.78, 5) is 14.0. The van der Waals surface area contributed by atoms with Crippen LogP contribution in [0.4, 0.5) is 10.1 Å². The van der Waals surface area contributed by atoms with Crippen LogP contribution in [0.15, 0.2) is 18.2 Å². The second kappa shape index (κ2) is 4.76. The third-order valence-corrected chi connectivity index (χ3v) is 4.54. The molecular weight excluding hydrogens is 267 g/mol. The van der Waals surface area contributed by atoms with Crippen LogP contribution in [0.3, 0.4) is 0 Å². The van der Waals surface area contributed by atoms with Crippen molar-refractivity contribution in [1.29, 1.82) is 0 Å². The van der Waals surface area contributed by atoms with Crippen molar-refractivity contribution < 1.29 is 9.18 Å². The van der Waals surface area contributed by atoms with Crippen LogP contribution in [-0.4, -0.2) is 25.0 Å². The molecule has 1 aromatic rings. The van der Waals surface area contributed by atoms with E-state index in [1.807, 2.05) is 0 Å². The number of hydrogen-bond donors (Lipinski definition) is 1. The number of nitrogens with one attached hydrogen (secondary N) is 1. The highest BCUT2D eigenvalue weighted by Gasteiger charge is 2.43. The number of halogens is 2. The third-order valence-electron chi connectivity index (χ3n) is 4.25. The first kappa shape index (κ1) is 12.9. The highest BCUT2D eigenvalue weighted by Crippen LogP contribution is 2.36. The summed E-state index contributed by atoms with van der Waals surface area (Å²) in [6.45, 7) is 0. The van der Waals surface area contributed by atoms with Gasteiger partial charge in [-0.3, -0.25) is 4.79 Å². The van der Waals surface area contributed by atoms with Crippen LogP contribution < -0.4 is 10.2 Å². The van der Waals surface area contributed by atoms with Crippen molar-refractivity contribution in [3.63, 3.8) is 0 Å². The molecule has 0 spiro atoms. The minimum absolute atomic E-state index is 0.0369. The Morgan fingerprint density at radius 3 is 2.84 bits per heavy atom. The van der Waals surface area contributed by atoms with E-state index in [0.717, 1.165) is 12.8 Å². The molecule has 1 amide bonds. The third kappa shape index (κ3) is 2.23. The predicted octanol–water partition coefficient (Wildman–Crippen LogP) is 2.58. The van der Waals surface area contributed by atoms with Gasteiger partial charge in [0.2, 0.25) is 5.91 Å². The molecule has 0 radical (unpaired) electrons. The lowest BCUT2D eigenvalue weighted by molar-refractivity contribution is -0.121. The fourth-order valence-corrected chi connectivity index (χ4v) is 3.34. The molecule has 0 unspecified atom stereocenters. The Labute approximate surface area is 116 Å². The number of carbonyl (C=O) groups is 1. The number of fused-ring (bicyclic) bond motifs is 2. The standard InChI is InChI=1S/C14H16ClFN2O/c1-18(10-4-5-12(16)11(15)7-10)14(19)13-8-2-3-9(6-8)17-13/h4-5,7-9,13,17H,2-3,6H2,1H3/t8-,9+,13-/m0/s1. The van der Waals surface area contributed by atoms with Crippen molar-refractivity contribution in [2.24, 2.45) is 5.92 Å². The topological polar surface area (TPSA) is 32.3 Å². The molecule has 0 aromatic heterocycles. The van der Waals surface area contributed by atoms with E-state index < -0.39 is 5.82 Å². The van der Waals surface area contributed by atoms with Gasteiger partial charge >= 0.3 is 0 Å². The summed E-state index contributed by atoms with van der Waals surface area (Å²) in [7, 11) is 1.71. The van der Waals surface area contributed by atoms with Crippen LogP contribution in [0.2, 0.25) is 5.02 Å². The molecule has 1 aliphatic carbocycles. The maximum Gasteiger partial charge on any atom is 0.244 e. The zero-order valence-electron chi connectivity index (χ0n) is 10.7. The highest BCUT2D eigenvalue weighted by atomic mass is 35.5. The average molecular weight is 283 g/mol. The zero-order chi connectivity index (χ0) is 13.6. The lowest BCUT2D eigenvalue weighted by atomic mass is 9.99. The molecule has 1 N–H and O–H groups in total. The maximum atomic E-state index is 13.1. The summed E-state index contributed by atoms with van der Waals surface area (Å²) < 4.78 is 13.1. The Morgan fingerprint density at radius 2 is 2.26 bits per heavy atom. The molecule has 1 aromatic carbocycles. The van der Waals surface area contributed by atoms with Gasteiger partial charge < -0.3 is 10.2 Å². The fourth-order valence-electron chi connectivity index (χ4n) is 3.16. The molecule has 2 fully saturated rings. The van der Waals surface area contributed by atoms with E-state index in [2.05, 4.69) is 5.32 Å². The van der Waals surface area contributed by atoms with Gasteiger partial charge in [0.25, 0.3) is 0 Å². The van der Waals surface area contributed by atoms with E-state index in [0.29, 0.717) is 17.6 Å². The van der Waals surface area contributed by atoms with E-state index in [9.17, 15) is 9.18 Å². The number of hydrogen-bond acceptors (Lipinski definition) is 2. The molecule has 1 heterocycles. The Kier molecular flexibility index (Phi) is 3.23. The van der Waals surface area contributed by atoms with Gasteiger partial charge in [0, 0.05) is 18.8 Å². The smallest absolute Gasteiger partial charge is 0.244 e. The molecule has 19 heavy (non-hydrogen) atoms. The number of amides is 1. The van der Waals surface area contributed by atoms with E-state index in [1.54, 1.807) is 18.0 Å². The minimum atomic E-state index is -0.468. The lowest BCUT2D eigenvalue weighted by Crippen LogP contribution is -2.48. The van der Waals surface area contributed by atoms with Crippen molar-refractivity contribution in [2.45, 2.75) is 31.3 Å². The van der Waals surface area contributed by atoms with Crippen LogP contribution in [-0.2, 0) is 4.79 Å². The molecule has 1 saturated carbocycles. The van der Waals surface area contributed by atoms with E-state index >= 15 is 0 Å². The number of nitrogens with zero attached hydrogens (tertiary/aromatic N) is 1. The van der Waals surface area contributed by atoms with Gasteiger partial charge in [-0.2, -0.15) is 0 Å². The van der Waals surface area contributed by atoms with Crippen molar-refractivity contribution in [2.75, 3.05) is 11.9 Å². The predicted molar refractivity (Wildman–Crippen MR) is 72.9 cm³/mol. The molecule has 3 nitrogen and oxygen atoms in total. The zero-order valence-corrected chi connectivity index (χ0v) is 11.5. The average Bonchev–Trinajstić information content (AvgIpc) is 3.02. The molecule has 5 heteroatoms. The summed E-state index contributed by atoms with van der Waals surface area (Å²) in [6.07, 6.45) is 3.38. The molecule has 2 bridgehead atoms. The van der Waals surface area contributed by atoms with E-state index in [4.69, 9.17) is 11.6 Å². The molecule has 3 atom stereocenters. The largest absolute Gasteiger partial charge is 0.314 e. The SMILES string of the molecule is CN(C(=O)[C@H]1N[C@@H]2CC[C@H]1C2)c1ccc(F)c(Cl)c1. The second-order valence-electron chi connectivity index (χ2n) is 5.41. The van der Waals surface area contributed by atoms with Crippen LogP contribution in [0, 0.1) is 11.7 Å². The molecule has 102 valence electrons. The number of rotatable bonds is 2. The first-order valence-corrected chi connectivity index (χ1v) is 6.92. The van der Waals surface area contributed by atoms with Crippen LogP contribution in [0.25, 0.3) is 0 Å². The molecule has 2 aliphatic rings. The number of benzene rings is 1. The number of anilines is 1. The van der Waals surface area contributed by atoms with Gasteiger partial charge in [-0.1, -0.05) is 11.6 Å². The second-order valence-corrected chi connectivity index (χ2v) is 5.82.